The van der Waals surface area contributed by atoms with Gasteiger partial charge in [-0.3, -0.25) is 4.90 Å². The van der Waals surface area contributed by atoms with E-state index < -0.39 is 0 Å². The van der Waals surface area contributed by atoms with Gasteiger partial charge < -0.3 is 15.4 Å². The summed E-state index contributed by atoms with van der Waals surface area (Å²) in [6.07, 6.45) is 1.85. The lowest BCUT2D eigenvalue weighted by atomic mass is 10.2. The van der Waals surface area contributed by atoms with Gasteiger partial charge in [-0.15, -0.1) is 0 Å². The first kappa shape index (κ1) is 12.1. The summed E-state index contributed by atoms with van der Waals surface area (Å²) in [6.45, 7) is 6.06. The van der Waals surface area contributed by atoms with E-state index in [0.29, 0.717) is 5.82 Å². The van der Waals surface area contributed by atoms with Crippen molar-refractivity contribution in [3.05, 3.63) is 18.3 Å². The molecule has 0 aliphatic carbocycles. The van der Waals surface area contributed by atoms with Crippen LogP contribution in [0.5, 0.6) is 0 Å². The van der Waals surface area contributed by atoms with Gasteiger partial charge in [-0.25, -0.2) is 4.98 Å². The van der Waals surface area contributed by atoms with E-state index in [1.807, 2.05) is 18.3 Å². The molecule has 1 aromatic heterocycles. The van der Waals surface area contributed by atoms with Gasteiger partial charge in [-0.1, -0.05) is 0 Å². The maximum atomic E-state index is 5.58. The largest absolute Gasteiger partial charge is 0.384 e. The number of anilines is 2. The Morgan fingerprint density at radius 2 is 2.06 bits per heavy atom. The molecule has 0 aromatic carbocycles. The topological polar surface area (TPSA) is 54.6 Å². The number of nitrogens with zero attached hydrogens (tertiary/aromatic N) is 3. The zero-order valence-corrected chi connectivity index (χ0v) is 10.3. The number of nitrogen functional groups attached to an aromatic ring is 1. The van der Waals surface area contributed by atoms with Gasteiger partial charge in [-0.2, -0.15) is 0 Å². The van der Waals surface area contributed by atoms with Gasteiger partial charge in [0.05, 0.1) is 18.5 Å². The van der Waals surface area contributed by atoms with Crippen LogP contribution in [0.3, 0.4) is 0 Å². The maximum Gasteiger partial charge on any atom is 0.123 e. The number of nitrogens with two attached hydrogens (primary N) is 1. The van der Waals surface area contributed by atoms with Gasteiger partial charge in [0.1, 0.15) is 5.82 Å². The number of aromatic nitrogens is 1. The normalized spacial score (nSPS) is 17.4. The minimum Gasteiger partial charge on any atom is -0.384 e. The summed E-state index contributed by atoms with van der Waals surface area (Å²) < 4.78 is 5.09. The van der Waals surface area contributed by atoms with Crippen molar-refractivity contribution in [1.82, 2.24) is 9.88 Å². The minimum atomic E-state index is 0.576. The fraction of sp³-hybridized carbons (Fsp3) is 0.583. The number of methoxy groups -OCH3 is 1. The van der Waals surface area contributed by atoms with Crippen molar-refractivity contribution in [2.75, 3.05) is 57.1 Å². The van der Waals surface area contributed by atoms with Crippen molar-refractivity contribution in [2.45, 2.75) is 0 Å². The summed E-state index contributed by atoms with van der Waals surface area (Å²) in [4.78, 5) is 8.89. The van der Waals surface area contributed by atoms with Crippen LogP contribution in [-0.2, 0) is 4.74 Å². The molecule has 1 aliphatic rings. The van der Waals surface area contributed by atoms with Crippen molar-refractivity contribution >= 4 is 11.5 Å². The van der Waals surface area contributed by atoms with E-state index in [2.05, 4.69) is 14.8 Å². The summed E-state index contributed by atoms with van der Waals surface area (Å²) in [7, 11) is 1.75. The molecule has 0 bridgehead atoms. The summed E-state index contributed by atoms with van der Waals surface area (Å²) in [5.41, 5.74) is 6.74. The zero-order chi connectivity index (χ0) is 12.1. The number of piperazine rings is 1. The Kier molecular flexibility index (Phi) is 4.17. The van der Waals surface area contributed by atoms with Crippen LogP contribution in [0.2, 0.25) is 0 Å². The molecule has 2 heterocycles. The second kappa shape index (κ2) is 5.84. The number of hydrogen-bond donors (Lipinski definition) is 1. The predicted molar refractivity (Wildman–Crippen MR) is 69.2 cm³/mol. The van der Waals surface area contributed by atoms with E-state index >= 15 is 0 Å². The van der Waals surface area contributed by atoms with Gasteiger partial charge in [0.2, 0.25) is 0 Å². The van der Waals surface area contributed by atoms with E-state index in [1.165, 1.54) is 0 Å². The predicted octanol–water partition coefficient (Wildman–Crippen LogP) is 0.432. The molecule has 1 aromatic rings. The zero-order valence-electron chi connectivity index (χ0n) is 10.3. The number of rotatable bonds is 4. The fourth-order valence-corrected chi connectivity index (χ4v) is 2.03. The molecule has 0 atom stereocenters. The molecular weight excluding hydrogens is 216 g/mol. The molecule has 17 heavy (non-hydrogen) atoms. The summed E-state index contributed by atoms with van der Waals surface area (Å²) in [6, 6.07) is 3.89. The maximum absolute atomic E-state index is 5.58. The van der Waals surface area contributed by atoms with Gasteiger partial charge in [-0.05, 0) is 12.1 Å². The smallest absolute Gasteiger partial charge is 0.123 e. The molecule has 2 rings (SSSR count). The number of hydrogen-bond acceptors (Lipinski definition) is 5. The molecule has 0 amide bonds. The Balaban J connectivity index is 1.84. The quantitative estimate of drug-likeness (QED) is 0.821. The second-order valence-electron chi connectivity index (χ2n) is 4.26. The van der Waals surface area contributed by atoms with E-state index in [9.17, 15) is 0 Å². The Morgan fingerprint density at radius 3 is 2.65 bits per heavy atom. The SMILES string of the molecule is COCCN1CCN(c2ccc(N)nc2)CC1. The van der Waals surface area contributed by atoms with Crippen molar-refractivity contribution in [2.24, 2.45) is 0 Å². The van der Waals surface area contributed by atoms with Crippen molar-refractivity contribution in [1.29, 1.82) is 0 Å². The molecule has 1 saturated heterocycles. The average molecular weight is 236 g/mol. The third kappa shape index (κ3) is 3.31. The van der Waals surface area contributed by atoms with Crippen LogP contribution in [-0.4, -0.2) is 56.3 Å². The van der Waals surface area contributed by atoms with Crippen LogP contribution in [0.15, 0.2) is 18.3 Å². The fourth-order valence-electron chi connectivity index (χ4n) is 2.03. The first-order valence-electron chi connectivity index (χ1n) is 5.97. The van der Waals surface area contributed by atoms with E-state index in [0.717, 1.165) is 45.0 Å². The van der Waals surface area contributed by atoms with E-state index in [-0.39, 0.29) is 0 Å². The highest BCUT2D eigenvalue weighted by atomic mass is 16.5. The second-order valence-corrected chi connectivity index (χ2v) is 4.26. The van der Waals surface area contributed by atoms with Crippen LogP contribution < -0.4 is 10.6 Å². The summed E-state index contributed by atoms with van der Waals surface area (Å²) in [5, 5.41) is 0. The molecule has 0 unspecified atom stereocenters. The molecule has 94 valence electrons. The lowest BCUT2D eigenvalue weighted by Crippen LogP contribution is -2.47. The monoisotopic (exact) mass is 236 g/mol. The minimum absolute atomic E-state index is 0.576. The van der Waals surface area contributed by atoms with Gasteiger partial charge in [0, 0.05) is 39.8 Å². The van der Waals surface area contributed by atoms with Crippen LogP contribution in [0.1, 0.15) is 0 Å². The molecule has 1 aliphatic heterocycles. The third-order valence-corrected chi connectivity index (χ3v) is 3.12. The molecule has 5 heteroatoms. The van der Waals surface area contributed by atoms with E-state index in [4.69, 9.17) is 10.5 Å². The molecule has 5 nitrogen and oxygen atoms in total. The average Bonchev–Trinajstić information content (AvgIpc) is 2.38. The van der Waals surface area contributed by atoms with Crippen LogP contribution in [0.4, 0.5) is 11.5 Å². The lowest BCUT2D eigenvalue weighted by Gasteiger charge is -2.35. The molecular formula is C12H20N4O. The Bertz CT molecular complexity index is 333. The highest BCUT2D eigenvalue weighted by Crippen LogP contribution is 2.15. The van der Waals surface area contributed by atoms with Crippen LogP contribution in [0.25, 0.3) is 0 Å². The molecule has 2 N–H and O–H groups in total. The summed E-state index contributed by atoms with van der Waals surface area (Å²) >= 11 is 0. The van der Waals surface area contributed by atoms with Gasteiger partial charge in [0.25, 0.3) is 0 Å². The van der Waals surface area contributed by atoms with E-state index in [1.54, 1.807) is 7.11 Å². The highest BCUT2D eigenvalue weighted by Gasteiger charge is 2.16. The summed E-state index contributed by atoms with van der Waals surface area (Å²) in [5.74, 6) is 0.576. The molecule has 0 radical (unpaired) electrons. The molecule has 0 spiro atoms. The number of pyridine rings is 1. The Morgan fingerprint density at radius 1 is 1.29 bits per heavy atom. The van der Waals surface area contributed by atoms with Crippen molar-refractivity contribution in [3.63, 3.8) is 0 Å². The van der Waals surface area contributed by atoms with Crippen molar-refractivity contribution in [3.8, 4) is 0 Å². The Hall–Kier alpha value is -1.33. The first-order valence-corrected chi connectivity index (χ1v) is 5.97. The van der Waals surface area contributed by atoms with Crippen LogP contribution in [0, 0.1) is 0 Å². The highest BCUT2D eigenvalue weighted by molar-refractivity contribution is 5.48. The lowest BCUT2D eigenvalue weighted by molar-refractivity contribution is 0.144. The molecule has 0 saturated carbocycles. The van der Waals surface area contributed by atoms with Gasteiger partial charge >= 0.3 is 0 Å². The first-order chi connectivity index (χ1) is 8.29. The van der Waals surface area contributed by atoms with Crippen molar-refractivity contribution < 1.29 is 4.74 Å². The van der Waals surface area contributed by atoms with Gasteiger partial charge in [0.15, 0.2) is 0 Å². The Labute approximate surface area is 102 Å². The third-order valence-electron chi connectivity index (χ3n) is 3.12. The molecule has 1 fully saturated rings. The number of ether oxygens (including phenoxy) is 1. The van der Waals surface area contributed by atoms with Crippen LogP contribution >= 0.6 is 0 Å². The standard InChI is InChI=1S/C12H20N4O/c1-17-9-8-15-4-6-16(7-5-15)11-2-3-12(13)14-10-11/h2-3,10H,4-9H2,1H3,(H2,13,14).